The first-order chi connectivity index (χ1) is 16.5. The Morgan fingerprint density at radius 1 is 1.11 bits per heavy atom. The minimum Gasteiger partial charge on any atom is -0.352 e. The van der Waals surface area contributed by atoms with Crippen LogP contribution in [0.5, 0.6) is 0 Å². The number of hydrogen-bond donors (Lipinski definition) is 1. The van der Waals surface area contributed by atoms with Gasteiger partial charge in [0.25, 0.3) is 15.9 Å². The molecule has 8 nitrogen and oxygen atoms in total. The second kappa shape index (κ2) is 11.0. The van der Waals surface area contributed by atoms with Crippen LogP contribution in [0.2, 0.25) is 10.0 Å². The summed E-state index contributed by atoms with van der Waals surface area (Å²) < 4.78 is 26.4. The molecule has 2 aromatic rings. The molecule has 0 saturated carbocycles. The molecule has 1 aliphatic heterocycles. The summed E-state index contributed by atoms with van der Waals surface area (Å²) in [7, 11) is -4.05. The topological polar surface area (TPSA) is 104 Å². The molecule has 3 rings (SSSR count). The van der Waals surface area contributed by atoms with Crippen LogP contribution < -0.4 is 5.32 Å². The van der Waals surface area contributed by atoms with Crippen molar-refractivity contribution in [1.29, 1.82) is 0 Å². The van der Waals surface area contributed by atoms with Gasteiger partial charge in [0, 0.05) is 35.6 Å². The van der Waals surface area contributed by atoms with E-state index < -0.39 is 27.9 Å². The van der Waals surface area contributed by atoms with Gasteiger partial charge < -0.3 is 10.2 Å². The molecular formula is C24H27Cl2N3O5S. The highest BCUT2D eigenvalue weighted by atomic mass is 35.5. The fourth-order valence-electron chi connectivity index (χ4n) is 3.93. The monoisotopic (exact) mass is 539 g/mol. The molecule has 188 valence electrons. The predicted octanol–water partition coefficient (Wildman–Crippen LogP) is 3.86. The number of nitrogens with one attached hydrogen (secondary N) is 1. The highest BCUT2D eigenvalue weighted by molar-refractivity contribution is 7.90. The SMILES string of the molecule is CC[C@@H](C(=O)NC(C)C)N(Cc1ccc(Cl)cc1Cl)C(=O)CCN1C(=O)c2ccccc2S1(=O)=O. The molecule has 1 heterocycles. The fourth-order valence-corrected chi connectivity index (χ4v) is 5.96. The average Bonchev–Trinajstić information content (AvgIpc) is 2.98. The highest BCUT2D eigenvalue weighted by Crippen LogP contribution is 2.30. The second-order valence-corrected chi connectivity index (χ2v) is 11.1. The summed E-state index contributed by atoms with van der Waals surface area (Å²) in [6.07, 6.45) is 0.0253. The molecular weight excluding hydrogens is 513 g/mol. The maximum atomic E-state index is 13.4. The van der Waals surface area contributed by atoms with Crippen LogP contribution in [0.3, 0.4) is 0 Å². The van der Waals surface area contributed by atoms with Gasteiger partial charge in [-0.2, -0.15) is 0 Å². The zero-order valence-electron chi connectivity index (χ0n) is 19.6. The molecule has 0 aromatic heterocycles. The number of sulfonamides is 1. The van der Waals surface area contributed by atoms with Crippen molar-refractivity contribution in [2.24, 2.45) is 0 Å². The van der Waals surface area contributed by atoms with Crippen LogP contribution in [0.25, 0.3) is 0 Å². The zero-order valence-corrected chi connectivity index (χ0v) is 22.0. The molecule has 0 saturated heterocycles. The van der Waals surface area contributed by atoms with Crippen molar-refractivity contribution in [2.45, 2.75) is 57.1 Å². The van der Waals surface area contributed by atoms with Gasteiger partial charge in [0.15, 0.2) is 0 Å². The van der Waals surface area contributed by atoms with E-state index in [9.17, 15) is 22.8 Å². The Hall–Kier alpha value is -2.62. The van der Waals surface area contributed by atoms with Crippen LogP contribution in [0.1, 0.15) is 49.5 Å². The maximum absolute atomic E-state index is 13.4. The Bertz CT molecular complexity index is 1250. The number of fused-ring (bicyclic) bond motifs is 1. The standard InChI is InChI=1S/C24H27Cl2N3O5S/c1-4-20(23(31)27-15(2)3)28(14-16-9-10-17(25)13-19(16)26)22(30)11-12-29-24(32)18-7-5-6-8-21(18)35(29,33)34/h5-10,13,15,20H,4,11-12,14H2,1-3H3,(H,27,31)/t20-/m0/s1. The molecule has 0 spiro atoms. The van der Waals surface area contributed by atoms with Gasteiger partial charge in [-0.15, -0.1) is 0 Å². The molecule has 2 aromatic carbocycles. The molecule has 11 heteroatoms. The van der Waals surface area contributed by atoms with E-state index in [0.29, 0.717) is 26.3 Å². The van der Waals surface area contributed by atoms with Crippen LogP contribution in [-0.2, 0) is 26.2 Å². The average molecular weight is 540 g/mol. The van der Waals surface area contributed by atoms with E-state index in [-0.39, 0.29) is 41.9 Å². The van der Waals surface area contributed by atoms with Gasteiger partial charge in [-0.3, -0.25) is 14.4 Å². The molecule has 35 heavy (non-hydrogen) atoms. The summed E-state index contributed by atoms with van der Waals surface area (Å²) in [6, 6.07) is 9.81. The van der Waals surface area contributed by atoms with E-state index in [2.05, 4.69) is 5.32 Å². The Morgan fingerprint density at radius 3 is 2.40 bits per heavy atom. The number of hydrogen-bond acceptors (Lipinski definition) is 5. The van der Waals surface area contributed by atoms with E-state index in [1.165, 1.54) is 23.1 Å². The summed E-state index contributed by atoms with van der Waals surface area (Å²) in [6.45, 7) is 5.07. The van der Waals surface area contributed by atoms with Crippen molar-refractivity contribution in [3.05, 3.63) is 63.6 Å². The largest absolute Gasteiger partial charge is 0.352 e. The molecule has 1 atom stereocenters. The Kier molecular flexibility index (Phi) is 8.46. The lowest BCUT2D eigenvalue weighted by atomic mass is 10.1. The van der Waals surface area contributed by atoms with Crippen LogP contribution in [0, 0.1) is 0 Å². The van der Waals surface area contributed by atoms with Gasteiger partial charge in [-0.05, 0) is 50.1 Å². The third-order valence-corrected chi connectivity index (χ3v) is 8.04. The summed E-state index contributed by atoms with van der Waals surface area (Å²) in [5, 5.41) is 3.59. The summed E-state index contributed by atoms with van der Waals surface area (Å²) in [4.78, 5) is 40.3. The van der Waals surface area contributed by atoms with Gasteiger partial charge >= 0.3 is 0 Å². The normalized spacial score (nSPS) is 15.1. The van der Waals surface area contributed by atoms with Crippen LogP contribution in [-0.4, -0.2) is 54.0 Å². The van der Waals surface area contributed by atoms with E-state index in [0.717, 1.165) is 0 Å². The molecule has 3 amide bonds. The highest BCUT2D eigenvalue weighted by Gasteiger charge is 2.41. The van der Waals surface area contributed by atoms with Crippen molar-refractivity contribution in [3.8, 4) is 0 Å². The third-order valence-electron chi connectivity index (χ3n) is 5.61. The van der Waals surface area contributed by atoms with Crippen molar-refractivity contribution < 1.29 is 22.8 Å². The first-order valence-electron chi connectivity index (χ1n) is 11.2. The number of amides is 3. The van der Waals surface area contributed by atoms with Crippen molar-refractivity contribution in [3.63, 3.8) is 0 Å². The van der Waals surface area contributed by atoms with Crippen molar-refractivity contribution in [2.75, 3.05) is 6.54 Å². The molecule has 0 aliphatic carbocycles. The first kappa shape index (κ1) is 27.0. The number of nitrogens with zero attached hydrogens (tertiary/aromatic N) is 2. The lowest BCUT2D eigenvalue weighted by Crippen LogP contribution is -2.51. The molecule has 1 N–H and O–H groups in total. The smallest absolute Gasteiger partial charge is 0.269 e. The Labute approximate surface area is 215 Å². The van der Waals surface area contributed by atoms with Crippen molar-refractivity contribution >= 4 is 50.9 Å². The molecule has 1 aliphatic rings. The lowest BCUT2D eigenvalue weighted by Gasteiger charge is -2.32. The van der Waals surface area contributed by atoms with Crippen LogP contribution >= 0.6 is 23.2 Å². The number of halogens is 2. The third kappa shape index (κ3) is 5.79. The second-order valence-electron chi connectivity index (χ2n) is 8.47. The number of carbonyl (C=O) groups excluding carboxylic acids is 3. The Balaban J connectivity index is 1.86. The maximum Gasteiger partial charge on any atom is 0.269 e. The predicted molar refractivity (Wildman–Crippen MR) is 134 cm³/mol. The minimum atomic E-state index is -4.05. The number of benzene rings is 2. The van der Waals surface area contributed by atoms with E-state index >= 15 is 0 Å². The lowest BCUT2D eigenvalue weighted by molar-refractivity contribution is -0.141. The summed E-state index contributed by atoms with van der Waals surface area (Å²) in [5.41, 5.74) is 0.657. The van der Waals surface area contributed by atoms with Gasteiger partial charge in [0.2, 0.25) is 11.8 Å². The molecule has 0 unspecified atom stereocenters. The molecule has 0 radical (unpaired) electrons. The zero-order chi connectivity index (χ0) is 25.9. The molecule has 0 bridgehead atoms. The minimum absolute atomic E-state index is 0.0137. The van der Waals surface area contributed by atoms with Gasteiger partial charge in [-0.1, -0.05) is 48.3 Å². The fraction of sp³-hybridized carbons (Fsp3) is 0.375. The van der Waals surface area contributed by atoms with E-state index in [1.54, 1.807) is 31.2 Å². The Morgan fingerprint density at radius 2 is 1.80 bits per heavy atom. The van der Waals surface area contributed by atoms with Crippen LogP contribution in [0.15, 0.2) is 47.4 Å². The number of carbonyl (C=O) groups is 3. The quantitative estimate of drug-likeness (QED) is 0.520. The van der Waals surface area contributed by atoms with Crippen LogP contribution in [0.4, 0.5) is 0 Å². The van der Waals surface area contributed by atoms with Crippen molar-refractivity contribution in [1.82, 2.24) is 14.5 Å². The molecule has 0 fully saturated rings. The first-order valence-corrected chi connectivity index (χ1v) is 13.4. The summed E-state index contributed by atoms with van der Waals surface area (Å²) >= 11 is 12.3. The van der Waals surface area contributed by atoms with Gasteiger partial charge in [-0.25, -0.2) is 12.7 Å². The van der Waals surface area contributed by atoms with Gasteiger partial charge in [0.1, 0.15) is 10.9 Å². The summed E-state index contributed by atoms with van der Waals surface area (Å²) in [5.74, 6) is -1.50. The van der Waals surface area contributed by atoms with E-state index in [4.69, 9.17) is 23.2 Å². The van der Waals surface area contributed by atoms with E-state index in [1.807, 2.05) is 13.8 Å². The number of rotatable bonds is 9. The van der Waals surface area contributed by atoms with Gasteiger partial charge in [0.05, 0.1) is 5.56 Å².